The van der Waals surface area contributed by atoms with Crippen molar-refractivity contribution in [3.63, 3.8) is 0 Å². The van der Waals surface area contributed by atoms with E-state index < -0.39 is 0 Å². The minimum atomic E-state index is -0.150. The highest BCUT2D eigenvalue weighted by Crippen LogP contribution is 2.65. The summed E-state index contributed by atoms with van der Waals surface area (Å²) in [6.07, 6.45) is 10.2. The summed E-state index contributed by atoms with van der Waals surface area (Å²) < 4.78 is 5.70. The fourth-order valence-corrected chi connectivity index (χ4v) is 7.44. The zero-order chi connectivity index (χ0) is 17.1. The van der Waals surface area contributed by atoms with Gasteiger partial charge in [0.25, 0.3) is 0 Å². The second-order valence-electron chi connectivity index (χ2n) is 9.57. The van der Waals surface area contributed by atoms with Gasteiger partial charge in [-0.2, -0.15) is 0 Å². The lowest BCUT2D eigenvalue weighted by atomic mass is 9.45. The number of hydrogen-bond donors (Lipinski definition) is 0. The molecule has 0 saturated heterocycles. The van der Waals surface area contributed by atoms with Crippen molar-refractivity contribution in [1.82, 2.24) is 0 Å². The SMILES string of the molecule is CC(=O)O[C@H]1CC[C@H]2[C@@H]3CC(=O)C4CCCC[C@]4(C)[C@H]3CC[C@]12C. The third kappa shape index (κ3) is 2.22. The number of carbonyl (C=O) groups excluding carboxylic acids is 2. The van der Waals surface area contributed by atoms with E-state index in [9.17, 15) is 9.59 Å². The van der Waals surface area contributed by atoms with E-state index in [-0.39, 0.29) is 22.9 Å². The van der Waals surface area contributed by atoms with Crippen molar-refractivity contribution in [1.29, 1.82) is 0 Å². The molecule has 0 aliphatic heterocycles. The average molecular weight is 332 g/mol. The number of esters is 1. The quantitative estimate of drug-likeness (QED) is 0.663. The monoisotopic (exact) mass is 332 g/mol. The van der Waals surface area contributed by atoms with Crippen molar-refractivity contribution >= 4 is 11.8 Å². The van der Waals surface area contributed by atoms with Crippen LogP contribution in [0.3, 0.4) is 0 Å². The van der Waals surface area contributed by atoms with Gasteiger partial charge >= 0.3 is 5.97 Å². The van der Waals surface area contributed by atoms with E-state index in [1.807, 2.05) is 0 Å². The minimum Gasteiger partial charge on any atom is -0.462 e. The van der Waals surface area contributed by atoms with E-state index in [2.05, 4.69) is 13.8 Å². The van der Waals surface area contributed by atoms with E-state index in [4.69, 9.17) is 4.74 Å². The van der Waals surface area contributed by atoms with Gasteiger partial charge in [0, 0.05) is 24.7 Å². The molecule has 3 heteroatoms. The van der Waals surface area contributed by atoms with Crippen molar-refractivity contribution in [3.05, 3.63) is 0 Å². The molecular formula is C21H32O3. The predicted octanol–water partition coefficient (Wildman–Crippen LogP) is 4.53. The minimum absolute atomic E-state index is 0.0629. The molecule has 4 aliphatic carbocycles. The Morgan fingerprint density at radius 2 is 1.75 bits per heavy atom. The van der Waals surface area contributed by atoms with Gasteiger partial charge in [0.15, 0.2) is 0 Å². The summed E-state index contributed by atoms with van der Waals surface area (Å²) in [4.78, 5) is 24.5. The van der Waals surface area contributed by atoms with Crippen molar-refractivity contribution in [3.8, 4) is 0 Å². The Labute approximate surface area is 145 Å². The Bertz CT molecular complexity index is 555. The van der Waals surface area contributed by atoms with Crippen LogP contribution >= 0.6 is 0 Å². The highest BCUT2D eigenvalue weighted by Gasteiger charge is 2.62. The van der Waals surface area contributed by atoms with Gasteiger partial charge in [-0.1, -0.05) is 26.7 Å². The number of hydrogen-bond acceptors (Lipinski definition) is 3. The molecule has 0 radical (unpaired) electrons. The van der Waals surface area contributed by atoms with Crippen LogP contribution < -0.4 is 0 Å². The van der Waals surface area contributed by atoms with Gasteiger partial charge in [-0.3, -0.25) is 9.59 Å². The van der Waals surface area contributed by atoms with Crippen molar-refractivity contribution in [2.75, 3.05) is 0 Å². The van der Waals surface area contributed by atoms with Crippen molar-refractivity contribution in [2.24, 2.45) is 34.5 Å². The van der Waals surface area contributed by atoms with E-state index in [1.165, 1.54) is 32.6 Å². The third-order valence-corrected chi connectivity index (χ3v) is 8.59. The lowest BCUT2D eigenvalue weighted by Gasteiger charge is -2.59. The van der Waals surface area contributed by atoms with Crippen molar-refractivity contribution in [2.45, 2.75) is 84.7 Å². The smallest absolute Gasteiger partial charge is 0.302 e. The second-order valence-corrected chi connectivity index (χ2v) is 9.57. The molecule has 4 saturated carbocycles. The standard InChI is InChI=1S/C21H32O3/c1-13(22)24-19-8-7-15-14-12-18(23)17-6-4-5-10-20(17,2)16(14)9-11-21(15,19)3/h14-17,19H,4-12H2,1-3H3/t14-,15-,16-,17?,19-,20+,21-/m0/s1. The highest BCUT2D eigenvalue weighted by molar-refractivity contribution is 5.83. The summed E-state index contributed by atoms with van der Waals surface area (Å²) in [5.74, 6) is 2.50. The first kappa shape index (κ1) is 16.6. The van der Waals surface area contributed by atoms with Crippen LogP contribution in [0.2, 0.25) is 0 Å². The van der Waals surface area contributed by atoms with Gasteiger partial charge in [-0.25, -0.2) is 0 Å². The van der Waals surface area contributed by atoms with Crippen molar-refractivity contribution < 1.29 is 14.3 Å². The molecule has 0 amide bonds. The summed E-state index contributed by atoms with van der Waals surface area (Å²) in [7, 11) is 0. The molecule has 24 heavy (non-hydrogen) atoms. The number of Topliss-reactive ketones (excluding diaryl/α,β-unsaturated/α-hetero) is 1. The predicted molar refractivity (Wildman–Crippen MR) is 92.3 cm³/mol. The molecule has 0 aromatic carbocycles. The first-order chi connectivity index (χ1) is 11.4. The molecule has 0 bridgehead atoms. The molecule has 0 heterocycles. The van der Waals surface area contributed by atoms with Gasteiger partial charge in [-0.15, -0.1) is 0 Å². The molecule has 4 fully saturated rings. The summed E-state index contributed by atoms with van der Waals surface area (Å²) in [6, 6.07) is 0. The summed E-state index contributed by atoms with van der Waals surface area (Å²) in [5.41, 5.74) is 0.323. The summed E-state index contributed by atoms with van der Waals surface area (Å²) >= 11 is 0. The van der Waals surface area contributed by atoms with E-state index >= 15 is 0 Å². The molecule has 4 rings (SSSR count). The topological polar surface area (TPSA) is 43.4 Å². The maximum atomic E-state index is 13.0. The number of rotatable bonds is 1. The molecule has 134 valence electrons. The lowest BCUT2D eigenvalue weighted by Crippen LogP contribution is -2.56. The first-order valence-corrected chi connectivity index (χ1v) is 10.1. The van der Waals surface area contributed by atoms with Crippen LogP contribution in [0.1, 0.15) is 78.6 Å². The Hall–Kier alpha value is -0.860. The molecule has 0 spiro atoms. The van der Waals surface area contributed by atoms with E-state index in [1.54, 1.807) is 0 Å². The van der Waals surface area contributed by atoms with Crippen LogP contribution in [-0.4, -0.2) is 17.9 Å². The Morgan fingerprint density at radius 3 is 2.50 bits per heavy atom. The van der Waals surface area contributed by atoms with Gasteiger partial charge in [-0.05, 0) is 61.7 Å². The second kappa shape index (κ2) is 5.57. The number of ketones is 1. The molecular weight excluding hydrogens is 300 g/mol. The van der Waals surface area contributed by atoms with Crippen LogP contribution in [0.4, 0.5) is 0 Å². The van der Waals surface area contributed by atoms with Crippen LogP contribution in [0.5, 0.6) is 0 Å². The normalized spacial score (nSPS) is 50.6. The fourth-order valence-electron chi connectivity index (χ4n) is 7.44. The number of carbonyl (C=O) groups is 2. The summed E-state index contributed by atoms with van der Waals surface area (Å²) in [5, 5.41) is 0. The van der Waals surface area contributed by atoms with Crippen LogP contribution in [0, 0.1) is 34.5 Å². The van der Waals surface area contributed by atoms with E-state index in [0.717, 1.165) is 32.1 Å². The molecule has 7 atom stereocenters. The van der Waals surface area contributed by atoms with Crippen LogP contribution in [-0.2, 0) is 14.3 Å². The molecule has 0 N–H and O–H groups in total. The first-order valence-electron chi connectivity index (χ1n) is 10.1. The number of ether oxygens (including phenoxy) is 1. The van der Waals surface area contributed by atoms with E-state index in [0.29, 0.717) is 29.5 Å². The maximum Gasteiger partial charge on any atom is 0.302 e. The zero-order valence-corrected chi connectivity index (χ0v) is 15.5. The van der Waals surface area contributed by atoms with Gasteiger partial charge in [0.2, 0.25) is 0 Å². The fraction of sp³-hybridized carbons (Fsp3) is 0.905. The van der Waals surface area contributed by atoms with Gasteiger partial charge < -0.3 is 4.74 Å². The average Bonchev–Trinajstić information content (AvgIpc) is 2.84. The number of fused-ring (bicyclic) bond motifs is 5. The Morgan fingerprint density at radius 1 is 1.00 bits per heavy atom. The molecule has 0 aromatic heterocycles. The Kier molecular flexibility index (Phi) is 3.85. The van der Waals surface area contributed by atoms with Gasteiger partial charge in [0.1, 0.15) is 11.9 Å². The molecule has 4 aliphatic rings. The van der Waals surface area contributed by atoms with Crippen LogP contribution in [0.15, 0.2) is 0 Å². The highest BCUT2D eigenvalue weighted by atomic mass is 16.5. The Balaban J connectivity index is 1.63. The third-order valence-electron chi connectivity index (χ3n) is 8.59. The zero-order valence-electron chi connectivity index (χ0n) is 15.5. The summed E-state index contributed by atoms with van der Waals surface area (Å²) in [6.45, 7) is 6.28. The lowest BCUT2D eigenvalue weighted by molar-refractivity contribution is -0.166. The van der Waals surface area contributed by atoms with Crippen LogP contribution in [0.25, 0.3) is 0 Å². The maximum absolute atomic E-state index is 13.0. The molecule has 3 nitrogen and oxygen atoms in total. The largest absolute Gasteiger partial charge is 0.462 e. The molecule has 0 aromatic rings. The molecule has 1 unspecified atom stereocenters. The van der Waals surface area contributed by atoms with Gasteiger partial charge in [0.05, 0.1) is 0 Å².